The van der Waals surface area contributed by atoms with Crippen molar-refractivity contribution in [1.82, 2.24) is 0 Å². The summed E-state index contributed by atoms with van der Waals surface area (Å²) in [5.74, 6) is 0.445. The molecule has 0 aliphatic rings. The number of rotatable bonds is 3. The summed E-state index contributed by atoms with van der Waals surface area (Å²) in [5.41, 5.74) is 0. The summed E-state index contributed by atoms with van der Waals surface area (Å²) in [4.78, 5) is 10.1. The minimum Gasteiger partial charge on any atom is -0.457 e. The van der Waals surface area contributed by atoms with Crippen molar-refractivity contribution in [3.05, 3.63) is 0 Å². The van der Waals surface area contributed by atoms with Crippen LogP contribution >= 0.6 is 12.6 Å². The van der Waals surface area contributed by atoms with Gasteiger partial charge in [0.15, 0.2) is 0 Å². The quantitative estimate of drug-likeness (QED) is 0.490. The van der Waals surface area contributed by atoms with Crippen molar-refractivity contribution in [3.63, 3.8) is 0 Å². The van der Waals surface area contributed by atoms with Crippen molar-refractivity contribution in [2.24, 2.45) is 5.92 Å². The van der Waals surface area contributed by atoms with E-state index in [0.717, 1.165) is 6.42 Å². The first-order valence-corrected chi connectivity index (χ1v) is 3.47. The molecule has 2 nitrogen and oxygen atoms in total. The fraction of sp³-hybridized carbons (Fsp3) is 0.833. The van der Waals surface area contributed by atoms with Crippen molar-refractivity contribution < 1.29 is 9.53 Å². The SMILES string of the molecule is CCC(C)COC(=O)S. The monoisotopic (exact) mass is 148 g/mol. The van der Waals surface area contributed by atoms with Crippen LogP contribution in [0.4, 0.5) is 4.79 Å². The van der Waals surface area contributed by atoms with Gasteiger partial charge >= 0.3 is 5.30 Å². The van der Waals surface area contributed by atoms with Crippen LogP contribution in [-0.2, 0) is 4.74 Å². The zero-order chi connectivity index (χ0) is 7.28. The van der Waals surface area contributed by atoms with E-state index in [-0.39, 0.29) is 0 Å². The lowest BCUT2D eigenvalue weighted by Gasteiger charge is -2.05. The van der Waals surface area contributed by atoms with E-state index < -0.39 is 5.30 Å². The second kappa shape index (κ2) is 4.68. The zero-order valence-corrected chi connectivity index (χ0v) is 6.65. The summed E-state index contributed by atoms with van der Waals surface area (Å²) >= 11 is 3.45. The number of carbonyl (C=O) groups excluding carboxylic acids is 1. The van der Waals surface area contributed by atoms with Crippen LogP contribution in [0.1, 0.15) is 20.3 Å². The third-order valence-corrected chi connectivity index (χ3v) is 1.32. The van der Waals surface area contributed by atoms with E-state index in [0.29, 0.717) is 12.5 Å². The van der Waals surface area contributed by atoms with E-state index in [1.165, 1.54) is 0 Å². The van der Waals surface area contributed by atoms with Crippen LogP contribution in [0, 0.1) is 5.92 Å². The van der Waals surface area contributed by atoms with E-state index in [4.69, 9.17) is 0 Å². The number of thiol groups is 1. The molecule has 0 aliphatic heterocycles. The molecule has 0 heterocycles. The Morgan fingerprint density at radius 2 is 2.33 bits per heavy atom. The Balaban J connectivity index is 3.16. The summed E-state index contributed by atoms with van der Waals surface area (Å²) in [6.07, 6.45) is 1.03. The van der Waals surface area contributed by atoms with Crippen LogP contribution in [0.2, 0.25) is 0 Å². The number of hydrogen-bond donors (Lipinski definition) is 1. The van der Waals surface area contributed by atoms with Crippen LogP contribution in [0.25, 0.3) is 0 Å². The highest BCUT2D eigenvalue weighted by Gasteiger charge is 1.99. The maximum Gasteiger partial charge on any atom is 0.364 e. The summed E-state index contributed by atoms with van der Waals surface area (Å²) in [5, 5.41) is -0.490. The van der Waals surface area contributed by atoms with Gasteiger partial charge in [0, 0.05) is 0 Å². The molecule has 1 unspecified atom stereocenters. The highest BCUT2D eigenvalue weighted by molar-refractivity contribution is 7.96. The molecule has 0 spiro atoms. The molecular weight excluding hydrogens is 136 g/mol. The van der Waals surface area contributed by atoms with Gasteiger partial charge in [-0.05, 0) is 5.92 Å². The number of hydrogen-bond acceptors (Lipinski definition) is 2. The molecule has 0 saturated carbocycles. The molecule has 1 atom stereocenters. The van der Waals surface area contributed by atoms with Crippen LogP contribution in [0.3, 0.4) is 0 Å². The molecule has 54 valence electrons. The molecule has 9 heavy (non-hydrogen) atoms. The molecule has 0 aliphatic carbocycles. The van der Waals surface area contributed by atoms with Gasteiger partial charge in [0.25, 0.3) is 0 Å². The van der Waals surface area contributed by atoms with Crippen molar-refractivity contribution >= 4 is 17.9 Å². The van der Waals surface area contributed by atoms with E-state index in [1.54, 1.807) is 0 Å². The van der Waals surface area contributed by atoms with Crippen molar-refractivity contribution in [3.8, 4) is 0 Å². The Hall–Kier alpha value is -0.180. The highest BCUT2D eigenvalue weighted by Crippen LogP contribution is 2.01. The molecule has 0 saturated heterocycles. The molecule has 0 aromatic rings. The Labute approximate surface area is 61.0 Å². The van der Waals surface area contributed by atoms with Crippen LogP contribution in [-0.4, -0.2) is 11.9 Å². The molecular formula is C6H12O2S. The average Bonchev–Trinajstić information content (AvgIpc) is 1.83. The summed E-state index contributed by atoms with van der Waals surface area (Å²) in [6, 6.07) is 0. The Morgan fingerprint density at radius 3 is 2.67 bits per heavy atom. The predicted molar refractivity (Wildman–Crippen MR) is 39.8 cm³/mol. The Kier molecular flexibility index (Phi) is 4.58. The maximum atomic E-state index is 10.1. The third kappa shape index (κ3) is 5.69. The molecule has 0 aromatic carbocycles. The molecule has 0 amide bonds. The second-order valence-corrected chi connectivity index (χ2v) is 2.46. The van der Waals surface area contributed by atoms with E-state index in [1.807, 2.05) is 6.92 Å². The smallest absolute Gasteiger partial charge is 0.364 e. The largest absolute Gasteiger partial charge is 0.457 e. The van der Waals surface area contributed by atoms with Crippen molar-refractivity contribution in [2.75, 3.05) is 6.61 Å². The second-order valence-electron chi connectivity index (χ2n) is 2.09. The summed E-state index contributed by atoms with van der Waals surface area (Å²) in [6.45, 7) is 4.56. The van der Waals surface area contributed by atoms with E-state index >= 15 is 0 Å². The van der Waals surface area contributed by atoms with E-state index in [9.17, 15) is 4.79 Å². The normalized spacial score (nSPS) is 12.8. The van der Waals surface area contributed by atoms with Gasteiger partial charge in [0.1, 0.15) is 0 Å². The van der Waals surface area contributed by atoms with Gasteiger partial charge in [-0.2, -0.15) is 0 Å². The fourth-order valence-corrected chi connectivity index (χ4v) is 0.406. The van der Waals surface area contributed by atoms with Gasteiger partial charge in [-0.3, -0.25) is 0 Å². The van der Waals surface area contributed by atoms with E-state index in [2.05, 4.69) is 24.3 Å². The van der Waals surface area contributed by atoms with Gasteiger partial charge in [-0.1, -0.05) is 32.9 Å². The topological polar surface area (TPSA) is 26.3 Å². The summed E-state index contributed by atoms with van der Waals surface area (Å²) in [7, 11) is 0. The van der Waals surface area contributed by atoms with Gasteiger partial charge in [0.05, 0.1) is 6.61 Å². The van der Waals surface area contributed by atoms with Gasteiger partial charge < -0.3 is 4.74 Å². The first-order valence-electron chi connectivity index (χ1n) is 3.02. The fourth-order valence-electron chi connectivity index (χ4n) is 0.331. The predicted octanol–water partition coefficient (Wildman–Crippen LogP) is 2.10. The zero-order valence-electron chi connectivity index (χ0n) is 5.76. The third-order valence-electron chi connectivity index (χ3n) is 1.19. The average molecular weight is 148 g/mol. The minimum absolute atomic E-state index is 0.445. The number of ether oxygens (including phenoxy) is 1. The molecule has 3 heteroatoms. The van der Waals surface area contributed by atoms with Crippen molar-refractivity contribution in [2.45, 2.75) is 20.3 Å². The molecule has 0 rings (SSSR count). The van der Waals surface area contributed by atoms with Gasteiger partial charge in [-0.15, -0.1) is 0 Å². The molecule has 0 aromatic heterocycles. The van der Waals surface area contributed by atoms with Crippen molar-refractivity contribution in [1.29, 1.82) is 0 Å². The van der Waals surface area contributed by atoms with Crippen LogP contribution in [0.5, 0.6) is 0 Å². The first kappa shape index (κ1) is 8.82. The lowest BCUT2D eigenvalue weighted by Crippen LogP contribution is -2.05. The van der Waals surface area contributed by atoms with Gasteiger partial charge in [-0.25, -0.2) is 4.79 Å². The highest BCUT2D eigenvalue weighted by atomic mass is 32.1. The Bertz CT molecular complexity index is 93.1. The maximum absolute atomic E-state index is 10.1. The minimum atomic E-state index is -0.490. The first-order chi connectivity index (χ1) is 4.16. The van der Waals surface area contributed by atoms with Crippen LogP contribution < -0.4 is 0 Å². The molecule has 0 radical (unpaired) electrons. The summed E-state index contributed by atoms with van der Waals surface area (Å²) < 4.78 is 4.62. The lowest BCUT2D eigenvalue weighted by atomic mass is 10.1. The lowest BCUT2D eigenvalue weighted by molar-refractivity contribution is 0.156. The molecule has 0 bridgehead atoms. The van der Waals surface area contributed by atoms with Gasteiger partial charge in [0.2, 0.25) is 0 Å². The molecule has 0 fully saturated rings. The Morgan fingerprint density at radius 1 is 1.78 bits per heavy atom. The van der Waals surface area contributed by atoms with Crippen LogP contribution in [0.15, 0.2) is 0 Å². The molecule has 0 N–H and O–H groups in total. The number of carbonyl (C=O) groups is 1. The standard InChI is InChI=1S/C6H12O2S/c1-3-5(2)4-8-6(7)9/h5H,3-4H2,1-2H3,(H,7,9).